The predicted octanol–water partition coefficient (Wildman–Crippen LogP) is 2.77. The molecule has 2 aromatic carbocycles. The second-order valence-corrected chi connectivity index (χ2v) is 7.07. The number of halogens is 2. The van der Waals surface area contributed by atoms with Gasteiger partial charge in [0.05, 0.1) is 10.6 Å². The summed E-state index contributed by atoms with van der Waals surface area (Å²) >= 11 is 11.7. The highest BCUT2D eigenvalue weighted by molar-refractivity contribution is 7.92. The molecule has 1 N–H and O–H groups in total. The third-order valence-corrected chi connectivity index (χ3v) is 4.68. The molecule has 0 aliphatic carbocycles. The lowest BCUT2D eigenvalue weighted by molar-refractivity contribution is 0.601. The molecule has 1 heterocycles. The molecule has 0 radical (unpaired) electrons. The molecule has 118 valence electrons. The van der Waals surface area contributed by atoms with Gasteiger partial charge in [0.15, 0.2) is 0 Å². The van der Waals surface area contributed by atoms with Gasteiger partial charge in [-0.2, -0.15) is 0 Å². The van der Waals surface area contributed by atoms with Crippen molar-refractivity contribution in [3.63, 3.8) is 0 Å². The Balaban J connectivity index is 1.86. The molecule has 0 aliphatic rings. The Morgan fingerprint density at radius 1 is 1.00 bits per heavy atom. The molecule has 0 fully saturated rings. The predicted molar refractivity (Wildman–Crippen MR) is 86.4 cm³/mol. The van der Waals surface area contributed by atoms with E-state index >= 15 is 0 Å². The van der Waals surface area contributed by atoms with Gasteiger partial charge in [-0.1, -0.05) is 23.2 Å². The van der Waals surface area contributed by atoms with Crippen molar-refractivity contribution in [1.29, 1.82) is 0 Å². The lowest BCUT2D eigenvalue weighted by Crippen LogP contribution is -2.13. The largest absolute Gasteiger partial charge is 0.280 e. The minimum absolute atomic E-state index is 0.0143. The van der Waals surface area contributed by atoms with Crippen LogP contribution in [0.1, 0.15) is 0 Å². The summed E-state index contributed by atoms with van der Waals surface area (Å²) in [6, 6.07) is 10.7. The standard InChI is InChI=1S/C13H9Cl2N5O2S/c14-9-5-10(15)7-13(6-9)23(21,22)17-11-1-3-12(4-2-11)20-8-16-18-19-20/h1-8,17H. The summed E-state index contributed by atoms with van der Waals surface area (Å²) in [5.74, 6) is 0. The van der Waals surface area contributed by atoms with Crippen molar-refractivity contribution in [2.24, 2.45) is 0 Å². The van der Waals surface area contributed by atoms with Gasteiger partial charge in [0, 0.05) is 15.7 Å². The van der Waals surface area contributed by atoms with Crippen LogP contribution < -0.4 is 4.72 Å². The van der Waals surface area contributed by atoms with Crippen LogP contribution in [0.25, 0.3) is 5.69 Å². The van der Waals surface area contributed by atoms with Crippen LogP contribution in [0.5, 0.6) is 0 Å². The van der Waals surface area contributed by atoms with E-state index in [9.17, 15) is 8.42 Å². The van der Waals surface area contributed by atoms with E-state index in [1.165, 1.54) is 29.2 Å². The fraction of sp³-hybridized carbons (Fsp3) is 0. The van der Waals surface area contributed by atoms with Crippen molar-refractivity contribution >= 4 is 38.9 Å². The molecule has 0 saturated carbocycles. The summed E-state index contributed by atoms with van der Waals surface area (Å²) in [6.45, 7) is 0. The summed E-state index contributed by atoms with van der Waals surface area (Å²) in [4.78, 5) is -0.0143. The minimum Gasteiger partial charge on any atom is -0.280 e. The first-order valence-electron chi connectivity index (χ1n) is 6.26. The van der Waals surface area contributed by atoms with Gasteiger partial charge >= 0.3 is 0 Å². The Labute approximate surface area is 141 Å². The lowest BCUT2D eigenvalue weighted by Gasteiger charge is -2.09. The van der Waals surface area contributed by atoms with Crippen LogP contribution in [-0.4, -0.2) is 28.6 Å². The zero-order valence-corrected chi connectivity index (χ0v) is 13.7. The molecule has 3 rings (SSSR count). The Morgan fingerprint density at radius 3 is 2.22 bits per heavy atom. The molecule has 1 aromatic heterocycles. The van der Waals surface area contributed by atoms with Gasteiger partial charge < -0.3 is 0 Å². The molecule has 7 nitrogen and oxygen atoms in total. The second kappa shape index (κ2) is 6.15. The number of sulfonamides is 1. The number of benzene rings is 2. The summed E-state index contributed by atoms with van der Waals surface area (Å²) in [6.07, 6.45) is 1.44. The Bertz CT molecular complexity index is 907. The first-order chi connectivity index (χ1) is 10.9. The normalized spacial score (nSPS) is 11.4. The molecular weight excluding hydrogens is 361 g/mol. The Hall–Kier alpha value is -2.16. The number of anilines is 1. The molecule has 23 heavy (non-hydrogen) atoms. The van der Waals surface area contributed by atoms with Crippen LogP contribution in [0.3, 0.4) is 0 Å². The highest BCUT2D eigenvalue weighted by Crippen LogP contribution is 2.24. The van der Waals surface area contributed by atoms with E-state index in [4.69, 9.17) is 23.2 Å². The molecule has 0 spiro atoms. The van der Waals surface area contributed by atoms with Gasteiger partial charge in [0.2, 0.25) is 0 Å². The number of rotatable bonds is 4. The SMILES string of the molecule is O=S(=O)(Nc1ccc(-n2cnnn2)cc1)c1cc(Cl)cc(Cl)c1. The third-order valence-electron chi connectivity index (χ3n) is 2.88. The van der Waals surface area contributed by atoms with Crippen molar-refractivity contribution in [3.05, 3.63) is 58.8 Å². The van der Waals surface area contributed by atoms with E-state index in [0.29, 0.717) is 11.4 Å². The summed E-state index contributed by atoms with van der Waals surface area (Å²) in [5, 5.41) is 11.3. The number of aromatic nitrogens is 4. The van der Waals surface area contributed by atoms with Gasteiger partial charge in [0.1, 0.15) is 6.33 Å². The minimum atomic E-state index is -3.79. The van der Waals surface area contributed by atoms with E-state index < -0.39 is 10.0 Å². The van der Waals surface area contributed by atoms with Gasteiger partial charge in [-0.05, 0) is 52.9 Å². The zero-order chi connectivity index (χ0) is 16.4. The van der Waals surface area contributed by atoms with Gasteiger partial charge in [0.25, 0.3) is 10.0 Å². The molecule has 3 aromatic rings. The van der Waals surface area contributed by atoms with E-state index in [1.807, 2.05) is 0 Å². The van der Waals surface area contributed by atoms with Crippen molar-refractivity contribution < 1.29 is 8.42 Å². The highest BCUT2D eigenvalue weighted by atomic mass is 35.5. The molecule has 0 unspecified atom stereocenters. The van der Waals surface area contributed by atoms with E-state index in [-0.39, 0.29) is 14.9 Å². The van der Waals surface area contributed by atoms with Gasteiger partial charge in [-0.15, -0.1) is 5.10 Å². The van der Waals surface area contributed by atoms with E-state index in [1.54, 1.807) is 24.3 Å². The number of hydrogen-bond donors (Lipinski definition) is 1. The molecule has 10 heteroatoms. The second-order valence-electron chi connectivity index (χ2n) is 4.51. The average Bonchev–Trinajstić information content (AvgIpc) is 3.01. The quantitative estimate of drug-likeness (QED) is 0.763. The van der Waals surface area contributed by atoms with E-state index in [0.717, 1.165) is 0 Å². The lowest BCUT2D eigenvalue weighted by atomic mass is 10.3. The fourth-order valence-electron chi connectivity index (χ4n) is 1.86. The van der Waals surface area contributed by atoms with Gasteiger partial charge in [-0.25, -0.2) is 13.1 Å². The highest BCUT2D eigenvalue weighted by Gasteiger charge is 2.16. The maximum atomic E-state index is 12.4. The van der Waals surface area contributed by atoms with Crippen molar-refractivity contribution in [3.8, 4) is 5.69 Å². The number of nitrogens with one attached hydrogen (secondary N) is 1. The van der Waals surface area contributed by atoms with Crippen molar-refractivity contribution in [2.45, 2.75) is 4.90 Å². The number of hydrogen-bond acceptors (Lipinski definition) is 5. The number of nitrogens with zero attached hydrogens (tertiary/aromatic N) is 4. The maximum Gasteiger partial charge on any atom is 0.261 e. The monoisotopic (exact) mass is 369 g/mol. The molecule has 0 saturated heterocycles. The first-order valence-corrected chi connectivity index (χ1v) is 8.50. The van der Waals surface area contributed by atoms with Crippen LogP contribution in [0.2, 0.25) is 10.0 Å². The zero-order valence-electron chi connectivity index (χ0n) is 11.4. The van der Waals surface area contributed by atoms with Crippen molar-refractivity contribution in [2.75, 3.05) is 4.72 Å². The van der Waals surface area contributed by atoms with Crippen LogP contribution in [0, 0.1) is 0 Å². The van der Waals surface area contributed by atoms with E-state index in [2.05, 4.69) is 20.2 Å². The summed E-state index contributed by atoms with van der Waals surface area (Å²) in [7, 11) is -3.79. The molecule has 0 bridgehead atoms. The van der Waals surface area contributed by atoms with Crippen LogP contribution in [0.15, 0.2) is 53.7 Å². The smallest absolute Gasteiger partial charge is 0.261 e. The van der Waals surface area contributed by atoms with Crippen LogP contribution in [0.4, 0.5) is 5.69 Å². The topological polar surface area (TPSA) is 89.8 Å². The molecule has 0 amide bonds. The maximum absolute atomic E-state index is 12.4. The van der Waals surface area contributed by atoms with Crippen LogP contribution >= 0.6 is 23.2 Å². The molecule has 0 atom stereocenters. The van der Waals surface area contributed by atoms with Crippen molar-refractivity contribution in [1.82, 2.24) is 20.2 Å². The molecular formula is C13H9Cl2N5O2S. The average molecular weight is 370 g/mol. The summed E-state index contributed by atoms with van der Waals surface area (Å²) in [5.41, 5.74) is 1.08. The third kappa shape index (κ3) is 3.61. The Kier molecular flexibility index (Phi) is 4.20. The van der Waals surface area contributed by atoms with Gasteiger partial charge in [-0.3, -0.25) is 4.72 Å². The first kappa shape index (κ1) is 15.7. The number of tetrazole rings is 1. The fourth-order valence-corrected chi connectivity index (χ4v) is 3.64. The Morgan fingerprint density at radius 2 is 1.65 bits per heavy atom. The van der Waals surface area contributed by atoms with Crippen LogP contribution in [-0.2, 0) is 10.0 Å². The molecule has 0 aliphatic heterocycles. The summed E-state index contributed by atoms with van der Waals surface area (Å²) < 4.78 is 28.6.